The van der Waals surface area contributed by atoms with Crippen LogP contribution in [0.2, 0.25) is 0 Å². The Labute approximate surface area is 68.8 Å². The summed E-state index contributed by atoms with van der Waals surface area (Å²) in [5.74, 6) is -3.43. The minimum atomic E-state index is -1.96. The van der Waals surface area contributed by atoms with Gasteiger partial charge in [-0.05, 0) is 0 Å². The molecule has 10 heavy (non-hydrogen) atoms. The van der Waals surface area contributed by atoms with Crippen LogP contribution in [0.1, 0.15) is 6.42 Å². The third kappa shape index (κ3) is 5.63. The van der Waals surface area contributed by atoms with Gasteiger partial charge >= 0.3 is 18.9 Å². The molecule has 1 N–H and O–H groups in total. The van der Waals surface area contributed by atoms with Crippen molar-refractivity contribution in [3.63, 3.8) is 0 Å². The van der Waals surface area contributed by atoms with E-state index in [4.69, 9.17) is 5.11 Å². The van der Waals surface area contributed by atoms with Gasteiger partial charge in [-0.25, -0.2) is 0 Å². The molecule has 52 valence electrons. The van der Waals surface area contributed by atoms with E-state index in [1.165, 1.54) is 0 Å². The SMILES string of the molecule is O=C([O-])CC(O)C(=O)[O-].[Li+]. The quantitative estimate of drug-likeness (QED) is 0.391. The number of aliphatic hydroxyl groups is 1. The van der Waals surface area contributed by atoms with Crippen LogP contribution in [0.3, 0.4) is 0 Å². The largest absolute Gasteiger partial charge is 1.00 e. The van der Waals surface area contributed by atoms with Crippen molar-refractivity contribution < 1.29 is 43.8 Å². The number of aliphatic carboxylic acids is 2. The summed E-state index contributed by atoms with van der Waals surface area (Å²) in [5, 5.41) is 27.3. The Kier molecular flexibility index (Phi) is 6.46. The predicted octanol–water partition coefficient (Wildman–Crippen LogP) is -6.76. The minimum absolute atomic E-state index is 0. The molecular weight excluding hydrogens is 135 g/mol. The number of hydrogen-bond donors (Lipinski definition) is 1. The summed E-state index contributed by atoms with van der Waals surface area (Å²) in [7, 11) is 0. The van der Waals surface area contributed by atoms with Gasteiger partial charge in [0.2, 0.25) is 0 Å². The summed E-state index contributed by atoms with van der Waals surface area (Å²) in [5.41, 5.74) is 0. The van der Waals surface area contributed by atoms with E-state index in [0.29, 0.717) is 0 Å². The van der Waals surface area contributed by atoms with Gasteiger partial charge in [-0.2, -0.15) is 0 Å². The third-order valence-electron chi connectivity index (χ3n) is 0.632. The van der Waals surface area contributed by atoms with Crippen molar-refractivity contribution >= 4 is 11.9 Å². The van der Waals surface area contributed by atoms with Gasteiger partial charge in [-0.1, -0.05) is 0 Å². The van der Waals surface area contributed by atoms with E-state index in [1.54, 1.807) is 0 Å². The molecule has 0 heterocycles. The second kappa shape index (κ2) is 5.30. The smallest absolute Gasteiger partial charge is 0.550 e. The fraction of sp³-hybridized carbons (Fsp3) is 0.500. The van der Waals surface area contributed by atoms with Crippen LogP contribution in [0.15, 0.2) is 0 Å². The molecular formula is C4H4LiO5-. The van der Waals surface area contributed by atoms with Gasteiger partial charge in [0, 0.05) is 12.4 Å². The maximum absolute atomic E-state index is 9.58. The fourth-order valence-electron chi connectivity index (χ4n) is 0.241. The summed E-state index contributed by atoms with van der Waals surface area (Å²) >= 11 is 0. The van der Waals surface area contributed by atoms with Gasteiger partial charge in [0.1, 0.15) is 0 Å². The van der Waals surface area contributed by atoms with Gasteiger partial charge in [0.15, 0.2) is 0 Å². The van der Waals surface area contributed by atoms with Crippen LogP contribution in [0.4, 0.5) is 0 Å². The summed E-state index contributed by atoms with van der Waals surface area (Å²) in [6.07, 6.45) is -2.89. The predicted molar refractivity (Wildman–Crippen MR) is 20.6 cm³/mol. The zero-order chi connectivity index (χ0) is 7.44. The van der Waals surface area contributed by atoms with E-state index < -0.39 is 24.5 Å². The van der Waals surface area contributed by atoms with Crippen molar-refractivity contribution in [2.45, 2.75) is 12.5 Å². The fourth-order valence-corrected chi connectivity index (χ4v) is 0.241. The van der Waals surface area contributed by atoms with E-state index in [-0.39, 0.29) is 18.9 Å². The van der Waals surface area contributed by atoms with Crippen LogP contribution in [-0.2, 0) is 9.59 Å². The van der Waals surface area contributed by atoms with E-state index in [2.05, 4.69) is 0 Å². The molecule has 0 aromatic heterocycles. The number of aliphatic hydroxyl groups excluding tert-OH is 1. The summed E-state index contributed by atoms with van der Waals surface area (Å²) in [6, 6.07) is 0. The zero-order valence-corrected chi connectivity index (χ0v) is 5.36. The number of carbonyl (C=O) groups excluding carboxylic acids is 2. The molecule has 6 heteroatoms. The van der Waals surface area contributed by atoms with Gasteiger partial charge < -0.3 is 24.9 Å². The molecule has 0 radical (unpaired) electrons. The molecule has 0 amide bonds. The first-order chi connectivity index (χ1) is 4.04. The summed E-state index contributed by atoms with van der Waals surface area (Å²) < 4.78 is 0. The second-order valence-electron chi connectivity index (χ2n) is 1.41. The molecule has 0 bridgehead atoms. The van der Waals surface area contributed by atoms with Crippen LogP contribution in [0, 0.1) is 0 Å². The first-order valence-electron chi connectivity index (χ1n) is 2.13. The molecule has 0 aliphatic carbocycles. The number of rotatable bonds is 3. The molecule has 0 spiro atoms. The number of carbonyl (C=O) groups is 2. The Hall–Kier alpha value is -0.503. The monoisotopic (exact) mass is 139 g/mol. The van der Waals surface area contributed by atoms with E-state index in [1.807, 2.05) is 0 Å². The van der Waals surface area contributed by atoms with E-state index in [0.717, 1.165) is 0 Å². The topological polar surface area (TPSA) is 100 Å². The van der Waals surface area contributed by atoms with E-state index in [9.17, 15) is 19.8 Å². The Balaban J connectivity index is 0. The molecule has 0 aromatic rings. The third-order valence-corrected chi connectivity index (χ3v) is 0.632. The standard InChI is InChI=1S/C4H6O5.Li/c5-2(4(8)9)1-3(6)7;/h2,5H,1H2,(H,6,7)(H,8,9);/q;+1/p-2. The molecule has 0 fully saturated rings. The molecule has 0 aliphatic heterocycles. The number of carboxylic acids is 2. The average molecular weight is 139 g/mol. The Morgan fingerprint density at radius 1 is 1.40 bits per heavy atom. The Morgan fingerprint density at radius 3 is 1.90 bits per heavy atom. The van der Waals surface area contributed by atoms with Crippen molar-refractivity contribution in [1.29, 1.82) is 0 Å². The molecule has 0 saturated heterocycles. The maximum Gasteiger partial charge on any atom is 1.00 e. The Bertz CT molecular complexity index is 134. The minimum Gasteiger partial charge on any atom is -0.550 e. The van der Waals surface area contributed by atoms with Gasteiger partial charge in [-0.3, -0.25) is 0 Å². The second-order valence-corrected chi connectivity index (χ2v) is 1.41. The first kappa shape index (κ1) is 12.2. The van der Waals surface area contributed by atoms with Crippen LogP contribution >= 0.6 is 0 Å². The summed E-state index contributed by atoms with van der Waals surface area (Å²) in [6.45, 7) is 0. The molecule has 1 unspecified atom stereocenters. The zero-order valence-electron chi connectivity index (χ0n) is 5.36. The molecule has 0 rings (SSSR count). The molecule has 0 aromatic carbocycles. The van der Waals surface area contributed by atoms with Crippen LogP contribution in [0.5, 0.6) is 0 Å². The van der Waals surface area contributed by atoms with Crippen molar-refractivity contribution in [2.24, 2.45) is 0 Å². The molecule has 0 saturated carbocycles. The van der Waals surface area contributed by atoms with Crippen molar-refractivity contribution in [3.05, 3.63) is 0 Å². The normalized spacial score (nSPS) is 11.3. The first-order valence-corrected chi connectivity index (χ1v) is 2.13. The van der Waals surface area contributed by atoms with Crippen LogP contribution in [0.25, 0.3) is 0 Å². The number of carboxylic acid groups (broad SMARTS) is 2. The van der Waals surface area contributed by atoms with Gasteiger partial charge in [0.05, 0.1) is 12.1 Å². The van der Waals surface area contributed by atoms with Gasteiger partial charge in [-0.15, -0.1) is 0 Å². The van der Waals surface area contributed by atoms with Gasteiger partial charge in [0.25, 0.3) is 0 Å². The van der Waals surface area contributed by atoms with Crippen molar-refractivity contribution in [1.82, 2.24) is 0 Å². The molecule has 1 atom stereocenters. The van der Waals surface area contributed by atoms with Crippen molar-refractivity contribution in [2.75, 3.05) is 0 Å². The van der Waals surface area contributed by atoms with Crippen LogP contribution < -0.4 is 29.1 Å². The number of hydrogen-bond acceptors (Lipinski definition) is 5. The maximum atomic E-state index is 9.58. The average Bonchev–Trinajstić information content (AvgIpc) is 1.63. The van der Waals surface area contributed by atoms with E-state index >= 15 is 0 Å². The molecule has 0 aliphatic rings. The molecule has 5 nitrogen and oxygen atoms in total. The van der Waals surface area contributed by atoms with Crippen LogP contribution in [-0.4, -0.2) is 23.1 Å². The Morgan fingerprint density at radius 2 is 1.80 bits per heavy atom. The summed E-state index contributed by atoms with van der Waals surface area (Å²) in [4.78, 5) is 19.1. The van der Waals surface area contributed by atoms with Crippen molar-refractivity contribution in [3.8, 4) is 0 Å².